The summed E-state index contributed by atoms with van der Waals surface area (Å²) in [5.74, 6) is 3.49. The molecule has 0 aromatic rings. The van der Waals surface area contributed by atoms with Crippen molar-refractivity contribution in [1.29, 1.82) is 0 Å². The summed E-state index contributed by atoms with van der Waals surface area (Å²) in [4.78, 5) is 0. The highest BCUT2D eigenvalue weighted by Gasteiger charge is 2.28. The van der Waals surface area contributed by atoms with Gasteiger partial charge in [-0.15, -0.1) is 11.5 Å². The zero-order valence-electron chi connectivity index (χ0n) is 15.5. The molecule has 0 aliphatic heterocycles. The Balaban J connectivity index is 4.03. The molecule has 0 aliphatic carbocycles. The fourth-order valence-electron chi connectivity index (χ4n) is 2.93. The molecule has 0 saturated carbocycles. The van der Waals surface area contributed by atoms with Crippen molar-refractivity contribution in [2.45, 2.75) is 97.1 Å². The summed E-state index contributed by atoms with van der Waals surface area (Å²) < 4.78 is 6.29. The van der Waals surface area contributed by atoms with Crippen molar-refractivity contribution in [3.63, 3.8) is 0 Å². The average molecular weight is 327 g/mol. The van der Waals surface area contributed by atoms with Crippen LogP contribution in [0.15, 0.2) is 0 Å². The summed E-state index contributed by atoms with van der Waals surface area (Å²) in [6.45, 7) is 14.8. The molecule has 0 amide bonds. The molecule has 0 N–H and O–H groups in total. The van der Waals surface area contributed by atoms with Gasteiger partial charge in [0.05, 0.1) is 0 Å². The molecule has 0 unspecified atom stereocenters. The Morgan fingerprint density at radius 3 is 1.67 bits per heavy atom. The maximum Gasteiger partial charge on any atom is 0.191 e. The Morgan fingerprint density at radius 2 is 1.24 bits per heavy atom. The van der Waals surface area contributed by atoms with Gasteiger partial charge in [-0.2, -0.15) is 0 Å². The van der Waals surface area contributed by atoms with Crippen LogP contribution in [0, 0.1) is 11.5 Å². The van der Waals surface area contributed by atoms with Crippen molar-refractivity contribution < 1.29 is 4.43 Å². The second kappa shape index (κ2) is 11.5. The molecule has 21 heavy (non-hydrogen) atoms. The lowest BCUT2D eigenvalue weighted by molar-refractivity contribution is 0.290. The largest absolute Gasteiger partial charge is 0.417 e. The quantitative estimate of drug-likeness (QED) is 0.248. The van der Waals surface area contributed by atoms with E-state index < -0.39 is 16.4 Å². The van der Waals surface area contributed by atoms with Gasteiger partial charge in [0, 0.05) is 13.0 Å². The van der Waals surface area contributed by atoms with Gasteiger partial charge in [0.1, 0.15) is 8.07 Å². The van der Waals surface area contributed by atoms with Crippen molar-refractivity contribution in [1.82, 2.24) is 0 Å². The average Bonchev–Trinajstić information content (AvgIpc) is 2.55. The number of unbranched alkanes of at least 4 members (excludes halogenated alkanes) is 2. The SMILES string of the molecule is CC[Si](C#CCCCCO[Si](CC)(CC)CC)(CC)CC. The van der Waals surface area contributed by atoms with Crippen LogP contribution >= 0.6 is 0 Å². The van der Waals surface area contributed by atoms with Gasteiger partial charge in [0.15, 0.2) is 8.32 Å². The highest BCUT2D eigenvalue weighted by Crippen LogP contribution is 2.22. The third kappa shape index (κ3) is 7.17. The van der Waals surface area contributed by atoms with Crippen LogP contribution in [0.25, 0.3) is 0 Å². The van der Waals surface area contributed by atoms with Gasteiger partial charge in [-0.1, -0.05) is 41.5 Å². The summed E-state index contributed by atoms with van der Waals surface area (Å²) in [6.07, 6.45) is 3.45. The highest BCUT2D eigenvalue weighted by molar-refractivity contribution is 6.87. The molecule has 0 aliphatic rings. The normalized spacial score (nSPS) is 12.1. The first kappa shape index (κ1) is 21.0. The third-order valence-electron chi connectivity index (χ3n) is 5.42. The number of hydrogen-bond donors (Lipinski definition) is 0. The fraction of sp³-hybridized carbons (Fsp3) is 0.889. The van der Waals surface area contributed by atoms with E-state index in [0.29, 0.717) is 0 Å². The molecule has 3 heteroatoms. The highest BCUT2D eigenvalue weighted by atomic mass is 28.4. The number of rotatable bonds is 11. The van der Waals surface area contributed by atoms with Crippen LogP contribution in [-0.2, 0) is 4.43 Å². The van der Waals surface area contributed by atoms with E-state index in [9.17, 15) is 0 Å². The second-order valence-corrected chi connectivity index (χ2v) is 15.9. The predicted octanol–water partition coefficient (Wildman–Crippen LogP) is 6.23. The van der Waals surface area contributed by atoms with E-state index in [0.717, 1.165) is 13.0 Å². The van der Waals surface area contributed by atoms with Gasteiger partial charge in [-0.3, -0.25) is 0 Å². The minimum absolute atomic E-state index is 0.960. The van der Waals surface area contributed by atoms with E-state index in [2.05, 4.69) is 53.0 Å². The third-order valence-corrected chi connectivity index (χ3v) is 14.9. The molecule has 0 radical (unpaired) electrons. The summed E-state index contributed by atoms with van der Waals surface area (Å²) in [6, 6.07) is 7.72. The van der Waals surface area contributed by atoms with Gasteiger partial charge in [0.2, 0.25) is 0 Å². The summed E-state index contributed by atoms with van der Waals surface area (Å²) in [7, 11) is -2.58. The zero-order chi connectivity index (χ0) is 16.2. The van der Waals surface area contributed by atoms with Gasteiger partial charge in [0.25, 0.3) is 0 Å². The first-order valence-electron chi connectivity index (χ1n) is 9.21. The Kier molecular flexibility index (Phi) is 11.5. The van der Waals surface area contributed by atoms with Gasteiger partial charge in [-0.25, -0.2) is 0 Å². The summed E-state index contributed by atoms with van der Waals surface area (Å²) in [5.41, 5.74) is 3.68. The van der Waals surface area contributed by atoms with Crippen LogP contribution in [0.4, 0.5) is 0 Å². The van der Waals surface area contributed by atoms with Crippen LogP contribution in [-0.4, -0.2) is 23.0 Å². The molecule has 124 valence electrons. The van der Waals surface area contributed by atoms with E-state index >= 15 is 0 Å². The lowest BCUT2D eigenvalue weighted by Gasteiger charge is -2.27. The van der Waals surface area contributed by atoms with Crippen LogP contribution in [0.5, 0.6) is 0 Å². The maximum atomic E-state index is 6.29. The fourth-order valence-corrected chi connectivity index (χ4v) is 8.15. The van der Waals surface area contributed by atoms with Crippen LogP contribution in [0.2, 0.25) is 36.3 Å². The number of hydrogen-bond acceptors (Lipinski definition) is 1. The lowest BCUT2D eigenvalue weighted by atomic mass is 10.2. The molecule has 0 saturated heterocycles. The molecule has 0 heterocycles. The molecular formula is C18H38OSi2. The Morgan fingerprint density at radius 1 is 0.714 bits per heavy atom. The van der Waals surface area contributed by atoms with E-state index in [1.165, 1.54) is 49.1 Å². The Bertz CT molecular complexity index is 292. The molecule has 0 spiro atoms. The van der Waals surface area contributed by atoms with E-state index in [4.69, 9.17) is 4.43 Å². The van der Waals surface area contributed by atoms with Gasteiger partial charge in [-0.05, 0) is 49.1 Å². The topological polar surface area (TPSA) is 9.23 Å². The Hall–Kier alpha value is -0.0462. The molecule has 0 bridgehead atoms. The molecule has 0 atom stereocenters. The second-order valence-electron chi connectivity index (χ2n) is 6.19. The first-order chi connectivity index (χ1) is 10.1. The molecule has 0 aromatic heterocycles. The first-order valence-corrected chi connectivity index (χ1v) is 14.4. The lowest BCUT2D eigenvalue weighted by Crippen LogP contribution is -2.36. The van der Waals surface area contributed by atoms with Crippen LogP contribution in [0.3, 0.4) is 0 Å². The van der Waals surface area contributed by atoms with Crippen molar-refractivity contribution in [2.24, 2.45) is 0 Å². The molecule has 0 rings (SSSR count). The summed E-state index contributed by atoms with van der Waals surface area (Å²) in [5, 5.41) is 0. The summed E-state index contributed by atoms with van der Waals surface area (Å²) >= 11 is 0. The van der Waals surface area contributed by atoms with Gasteiger partial charge < -0.3 is 4.43 Å². The molecule has 0 fully saturated rings. The minimum atomic E-state index is -1.36. The van der Waals surface area contributed by atoms with Crippen molar-refractivity contribution in [3.05, 3.63) is 0 Å². The smallest absolute Gasteiger partial charge is 0.191 e. The molecular weight excluding hydrogens is 288 g/mol. The van der Waals surface area contributed by atoms with E-state index in [1.54, 1.807) is 0 Å². The van der Waals surface area contributed by atoms with Gasteiger partial charge >= 0.3 is 0 Å². The maximum absolute atomic E-state index is 6.29. The van der Waals surface area contributed by atoms with E-state index in [1.807, 2.05) is 0 Å². The van der Waals surface area contributed by atoms with Crippen molar-refractivity contribution >= 4 is 16.4 Å². The van der Waals surface area contributed by atoms with Crippen LogP contribution in [0.1, 0.15) is 60.8 Å². The Labute approximate surface area is 136 Å². The van der Waals surface area contributed by atoms with Crippen LogP contribution < -0.4 is 0 Å². The molecule has 0 aromatic carbocycles. The van der Waals surface area contributed by atoms with E-state index in [-0.39, 0.29) is 0 Å². The monoisotopic (exact) mass is 326 g/mol. The van der Waals surface area contributed by atoms with Crippen molar-refractivity contribution in [2.75, 3.05) is 6.61 Å². The standard InChI is InChI=1S/C18H38OSi2/c1-7-20(8-2,9-3)18-16-14-13-15-17-19-21(10-4,11-5)12-6/h7-15,17H2,1-6H3. The minimum Gasteiger partial charge on any atom is -0.417 e. The predicted molar refractivity (Wildman–Crippen MR) is 102 cm³/mol. The van der Waals surface area contributed by atoms with Crippen molar-refractivity contribution in [3.8, 4) is 11.5 Å². The molecule has 1 nitrogen and oxygen atoms in total. The zero-order valence-corrected chi connectivity index (χ0v) is 17.5.